The molecule has 460 valence electrons. The van der Waals surface area contributed by atoms with Crippen molar-refractivity contribution in [1.82, 2.24) is 9.55 Å². The van der Waals surface area contributed by atoms with Gasteiger partial charge in [-0.05, 0) is 61.1 Å². The van der Waals surface area contributed by atoms with E-state index in [1.807, 2.05) is 0 Å². The quantitative estimate of drug-likeness (QED) is 0.0579. The number of aliphatic hydroxyl groups excluding tert-OH is 2. The summed E-state index contributed by atoms with van der Waals surface area (Å²) in [5.74, 6) is -14.2. The Morgan fingerprint density at radius 2 is 1.53 bits per heavy atom. The van der Waals surface area contributed by atoms with Gasteiger partial charge in [-0.1, -0.05) is 69.3 Å². The number of aromatic nitrogens is 2. The second-order valence-corrected chi connectivity index (χ2v) is 22.6. The number of esters is 7. The molecule has 2 unspecified atom stereocenters. The first-order valence-electron chi connectivity index (χ1n) is 27.1. The molecule has 2 aromatic carbocycles. The Morgan fingerprint density at radius 1 is 0.882 bits per heavy atom. The molecule has 0 spiro atoms. The Kier molecular flexibility index (Phi) is 19.8. The number of rotatable bonds is 19. The first-order chi connectivity index (χ1) is 39.5. The Labute approximate surface area is 500 Å². The summed E-state index contributed by atoms with van der Waals surface area (Å²) in [6, 6.07) is 17.0. The number of aliphatic hydroxyl groups is 3. The summed E-state index contributed by atoms with van der Waals surface area (Å²) >= 11 is 0. The zero-order valence-corrected chi connectivity index (χ0v) is 50.3. The number of anilines is 1. The van der Waals surface area contributed by atoms with Crippen LogP contribution in [0.2, 0.25) is 0 Å². The molecule has 0 radical (unpaired) electrons. The number of halogens is 2. The van der Waals surface area contributed by atoms with Crippen molar-refractivity contribution >= 4 is 53.9 Å². The number of nitrogens with two attached hydrogens (primary N) is 1. The zero-order chi connectivity index (χ0) is 61.4. The summed E-state index contributed by atoms with van der Waals surface area (Å²) in [4.78, 5) is 123. The van der Waals surface area contributed by atoms with E-state index in [1.54, 1.807) is 82.5 Å². The number of benzene rings is 2. The fraction of sp³-hybridized carbons (Fsp3) is 0.552. The minimum Gasteiger partial charge on any atom is -0.542 e. The Bertz CT molecular complexity index is 3130. The second kappa shape index (κ2) is 25.6. The van der Waals surface area contributed by atoms with Crippen LogP contribution in [0.3, 0.4) is 0 Å². The molecular formula is C58H66F2N3O21W-. The summed E-state index contributed by atoms with van der Waals surface area (Å²) < 4.78 is 83.7. The molecule has 2 saturated carbocycles. The van der Waals surface area contributed by atoms with Crippen molar-refractivity contribution in [3.63, 3.8) is 0 Å². The molecule has 85 heavy (non-hydrogen) atoms. The van der Waals surface area contributed by atoms with Crippen molar-refractivity contribution in [3.05, 3.63) is 106 Å². The van der Waals surface area contributed by atoms with Crippen LogP contribution in [0.25, 0.3) is 0 Å². The number of ether oxygens (including phenoxy) is 9. The number of nitrogen functional groups attached to an aromatic ring is 1. The van der Waals surface area contributed by atoms with Gasteiger partial charge < -0.3 is 68.5 Å². The monoisotopic (exact) mass is 1360 g/mol. The number of hydrogen-bond donors (Lipinski definition) is 4. The van der Waals surface area contributed by atoms with Crippen LogP contribution < -0.4 is 11.4 Å². The Hall–Kier alpha value is -6.83. The van der Waals surface area contributed by atoms with E-state index in [0.29, 0.717) is 10.1 Å². The van der Waals surface area contributed by atoms with Crippen molar-refractivity contribution in [3.8, 4) is 0 Å². The van der Waals surface area contributed by atoms with E-state index in [9.17, 15) is 58.5 Å². The number of carbonyl (C=O) groups excluding carboxylic acids is 8. The van der Waals surface area contributed by atoms with Crippen molar-refractivity contribution in [2.24, 2.45) is 16.7 Å². The summed E-state index contributed by atoms with van der Waals surface area (Å²) in [5, 5.41) is 36.0. The molecule has 27 heteroatoms. The molecule has 1 aromatic heterocycles. The molecule has 2 saturated heterocycles. The average Bonchev–Trinajstić information content (AvgIpc) is 2.44. The smallest absolute Gasteiger partial charge is 0.351 e. The van der Waals surface area contributed by atoms with E-state index in [0.717, 1.165) is 33.0 Å². The van der Waals surface area contributed by atoms with Gasteiger partial charge in [0, 0.05) is 64.8 Å². The maximum Gasteiger partial charge on any atom is 0.351 e. The van der Waals surface area contributed by atoms with Crippen LogP contribution >= 0.6 is 0 Å². The summed E-state index contributed by atoms with van der Waals surface area (Å²) in [6.07, 6.45) is -18.0. The number of carbonyl (C=O) groups is 7. The van der Waals surface area contributed by atoms with Crippen molar-refractivity contribution < 1.29 is 126 Å². The maximum absolute atomic E-state index is 15.1. The van der Waals surface area contributed by atoms with E-state index < -0.39 is 181 Å². The van der Waals surface area contributed by atoms with E-state index in [1.165, 1.54) is 12.1 Å². The number of hydrogen-bond acceptors (Lipinski definition) is 23. The molecule has 4 fully saturated rings. The fourth-order valence-electron chi connectivity index (χ4n) is 12.7. The largest absolute Gasteiger partial charge is 0.542 e. The molecule has 3 heterocycles. The number of fused-ring (bicyclic) bond motifs is 5. The maximum atomic E-state index is 15.1. The van der Waals surface area contributed by atoms with E-state index in [-0.39, 0.29) is 63.0 Å². The van der Waals surface area contributed by atoms with Gasteiger partial charge in [-0.25, -0.2) is 19.2 Å². The summed E-state index contributed by atoms with van der Waals surface area (Å²) in [7, 11) is 0. The predicted octanol–water partition coefficient (Wildman–Crippen LogP) is 3.21. The SMILES string of the molecule is CC(=O)O[C@H]1C[C@]2(C)[C@@H](OC(=O)C(C)OC(=O)CCC(=O)OC[C@H]3O[C@@H](n4ccc(N)nc4=O)C(F)(F)C3O)C[C@H]3OC[C@@]3(OC(C)=O)[C@H]2[C@H](OC(=O)c2ccccc2)[C@]2(O)C[C@H](OC(=O)[C@@H](O)[C@H](C[C-]=O)c3ccccc3)C(C)=C1C2(C)C.[W]. The van der Waals surface area contributed by atoms with E-state index in [2.05, 4.69) is 4.98 Å². The van der Waals surface area contributed by atoms with Gasteiger partial charge in [-0.15, -0.1) is 6.42 Å². The van der Waals surface area contributed by atoms with Crippen molar-refractivity contribution in [2.45, 2.75) is 171 Å². The van der Waals surface area contributed by atoms with Crippen molar-refractivity contribution in [1.29, 1.82) is 0 Å². The molecule has 0 amide bonds. The Balaban J connectivity index is 0.0000104. The number of alkyl halides is 2. The third kappa shape index (κ3) is 12.7. The molecule has 2 bridgehead atoms. The second-order valence-electron chi connectivity index (χ2n) is 22.6. The van der Waals surface area contributed by atoms with Gasteiger partial charge in [0.05, 0.1) is 30.9 Å². The van der Waals surface area contributed by atoms with Crippen LogP contribution in [0, 0.1) is 16.7 Å². The summed E-state index contributed by atoms with van der Waals surface area (Å²) in [6.45, 7) is 8.50. The minimum atomic E-state index is -4.05. The molecule has 15 atom stereocenters. The van der Waals surface area contributed by atoms with Crippen LogP contribution in [0.4, 0.5) is 14.6 Å². The Morgan fingerprint density at radius 3 is 2.13 bits per heavy atom. The van der Waals surface area contributed by atoms with Gasteiger partial charge in [0.2, 0.25) is 6.23 Å². The fourth-order valence-corrected chi connectivity index (χ4v) is 12.7. The van der Waals surface area contributed by atoms with Gasteiger partial charge in [0.1, 0.15) is 54.6 Å². The van der Waals surface area contributed by atoms with Crippen LogP contribution in [-0.2, 0) is 97.3 Å². The first kappa shape index (κ1) is 65.7. The molecular weight excluding hydrogens is 1300 g/mol. The van der Waals surface area contributed by atoms with Crippen molar-refractivity contribution in [2.75, 3.05) is 18.9 Å². The minimum absolute atomic E-state index is 0. The first-order valence-corrected chi connectivity index (χ1v) is 27.1. The molecule has 5 N–H and O–H groups in total. The number of nitrogens with zero attached hydrogens (tertiary/aromatic N) is 2. The van der Waals surface area contributed by atoms with Gasteiger partial charge in [0.25, 0.3) is 0 Å². The molecule has 5 aliphatic rings. The molecule has 24 nitrogen and oxygen atoms in total. The third-order valence-corrected chi connectivity index (χ3v) is 17.0. The molecule has 3 aromatic rings. The molecule has 2 aliphatic heterocycles. The van der Waals surface area contributed by atoms with Crippen LogP contribution in [0.5, 0.6) is 0 Å². The van der Waals surface area contributed by atoms with Crippen LogP contribution in [0.15, 0.2) is 88.9 Å². The average molecular weight is 1360 g/mol. The van der Waals surface area contributed by atoms with Gasteiger partial charge in [-0.2, -0.15) is 13.8 Å². The third-order valence-electron chi connectivity index (χ3n) is 17.0. The topological polar surface area (TPSA) is 341 Å². The van der Waals surface area contributed by atoms with E-state index >= 15 is 8.78 Å². The van der Waals surface area contributed by atoms with E-state index in [4.69, 9.17) is 48.4 Å². The van der Waals surface area contributed by atoms with Crippen LogP contribution in [-0.4, -0.2) is 158 Å². The van der Waals surface area contributed by atoms with Gasteiger partial charge >= 0.3 is 53.4 Å². The van der Waals surface area contributed by atoms with Gasteiger partial charge in [0.15, 0.2) is 23.9 Å². The normalized spacial score (nSPS) is 30.7. The predicted molar refractivity (Wildman–Crippen MR) is 281 cm³/mol. The molecule has 3 aliphatic carbocycles. The summed E-state index contributed by atoms with van der Waals surface area (Å²) in [5.41, 5.74) is -2.46. The van der Waals surface area contributed by atoms with Gasteiger partial charge in [-0.3, -0.25) is 30.0 Å². The van der Waals surface area contributed by atoms with Crippen LogP contribution in [0.1, 0.15) is 115 Å². The standard InChI is InChI=1S/C58H66F2N3O21.W/c1-29-36(80-51(73)45(69)35(21-23-64)33-14-10-8-11-15-33)26-57(75)48(83-50(72)34-16-12-9-13-17-34)46-55(7,25-37(79-31(3)65)44(29)54(57,5)6)39(24-40-56(46,28-77-40)84-32(4)66)82-49(71)30(2)78-43(68)19-18-42(67)76-27-38-47(70)58(59,60)52(81-38)63-22-20-41(61)62-53(63)74;/h8-17,20,22,30,35-40,45-48,52,69-70,75H,18-19,21,24-28H2,1-7H3,(H2,61,62,74);/q-1;/t30?,35-,36+,37+,38-,39+,40-,45+,46+,47?,48+,52-,55-,56+,57-;/m1./s1. The molecule has 8 rings (SSSR count). The zero-order valence-electron chi connectivity index (χ0n) is 47.3.